The van der Waals surface area contributed by atoms with Crippen molar-refractivity contribution in [2.45, 2.75) is 20.3 Å². The molecule has 0 N–H and O–H groups in total. The van der Waals surface area contributed by atoms with Gasteiger partial charge in [-0.25, -0.2) is 4.39 Å². The second-order valence-electron chi connectivity index (χ2n) is 5.36. The predicted molar refractivity (Wildman–Crippen MR) is 84.5 cm³/mol. The minimum atomic E-state index is -0.448. The van der Waals surface area contributed by atoms with Gasteiger partial charge in [-0.15, -0.1) is 0 Å². The van der Waals surface area contributed by atoms with Crippen molar-refractivity contribution in [2.24, 2.45) is 0 Å². The van der Waals surface area contributed by atoms with Gasteiger partial charge in [0.25, 0.3) is 0 Å². The summed E-state index contributed by atoms with van der Waals surface area (Å²) in [6.07, 6.45) is 0.296. The average Bonchev–Trinajstić information content (AvgIpc) is 2.45. The third-order valence-corrected chi connectivity index (χ3v) is 3.61. The molecule has 0 radical (unpaired) electrons. The first-order valence-electron chi connectivity index (χ1n) is 7.05. The van der Waals surface area contributed by atoms with Crippen LogP contribution < -0.4 is 4.90 Å². The molecule has 0 fully saturated rings. The van der Waals surface area contributed by atoms with Gasteiger partial charge < -0.3 is 4.90 Å². The summed E-state index contributed by atoms with van der Waals surface area (Å²) < 4.78 is 13.6. The molecule has 3 heteroatoms. The van der Waals surface area contributed by atoms with Crippen LogP contribution in [0.1, 0.15) is 27.9 Å². The first-order valence-corrected chi connectivity index (χ1v) is 7.05. The molecule has 0 aliphatic heterocycles. The number of aryl methyl sites for hydroxylation is 2. The van der Waals surface area contributed by atoms with E-state index in [0.717, 1.165) is 5.69 Å². The highest BCUT2D eigenvalue weighted by Gasteiger charge is 2.12. The molecule has 0 aromatic heterocycles. The molecule has 0 spiro atoms. The lowest BCUT2D eigenvalue weighted by molar-refractivity contribution is 0.0981. The Bertz CT molecular complexity index is 651. The maximum absolute atomic E-state index is 13.6. The van der Waals surface area contributed by atoms with Crippen molar-refractivity contribution in [3.05, 3.63) is 65.0 Å². The summed E-state index contributed by atoms with van der Waals surface area (Å²) in [7, 11) is 1.95. The molecule has 2 rings (SSSR count). The molecule has 0 heterocycles. The van der Waals surface area contributed by atoms with E-state index in [1.807, 2.05) is 11.9 Å². The Hall–Kier alpha value is -2.16. The molecular formula is C18H20FNO. The molecule has 110 valence electrons. The number of carbonyl (C=O) groups excluding carboxylic acids is 1. The van der Waals surface area contributed by atoms with E-state index < -0.39 is 5.82 Å². The Morgan fingerprint density at radius 3 is 2.52 bits per heavy atom. The Morgan fingerprint density at radius 1 is 1.14 bits per heavy atom. The highest BCUT2D eigenvalue weighted by atomic mass is 19.1. The average molecular weight is 285 g/mol. The number of halogens is 1. The highest BCUT2D eigenvalue weighted by molar-refractivity contribution is 5.96. The molecule has 0 atom stereocenters. The smallest absolute Gasteiger partial charge is 0.167 e. The van der Waals surface area contributed by atoms with Crippen LogP contribution in [-0.4, -0.2) is 19.4 Å². The molecular weight excluding hydrogens is 265 g/mol. The predicted octanol–water partition coefficient (Wildman–Crippen LogP) is 4.15. The Labute approximate surface area is 125 Å². The normalized spacial score (nSPS) is 10.5. The third kappa shape index (κ3) is 3.69. The number of hydrogen-bond donors (Lipinski definition) is 0. The second-order valence-corrected chi connectivity index (χ2v) is 5.36. The fraction of sp³-hybridized carbons (Fsp3) is 0.278. The molecule has 0 bridgehead atoms. The molecule has 0 amide bonds. The molecule has 2 aromatic carbocycles. The lowest BCUT2D eigenvalue weighted by Gasteiger charge is -2.21. The molecule has 2 aromatic rings. The number of benzene rings is 2. The van der Waals surface area contributed by atoms with Crippen LogP contribution in [0.2, 0.25) is 0 Å². The van der Waals surface area contributed by atoms with Gasteiger partial charge in [0.2, 0.25) is 0 Å². The number of rotatable bonds is 5. The largest absolute Gasteiger partial charge is 0.374 e. The summed E-state index contributed by atoms with van der Waals surface area (Å²) in [5, 5.41) is 0. The third-order valence-electron chi connectivity index (χ3n) is 3.61. The highest BCUT2D eigenvalue weighted by Crippen LogP contribution is 2.20. The van der Waals surface area contributed by atoms with Crippen molar-refractivity contribution >= 4 is 11.5 Å². The monoisotopic (exact) mass is 285 g/mol. The maximum atomic E-state index is 13.6. The number of ketones is 1. The number of hydrogen-bond acceptors (Lipinski definition) is 2. The van der Waals surface area contributed by atoms with E-state index in [-0.39, 0.29) is 11.3 Å². The van der Waals surface area contributed by atoms with E-state index in [4.69, 9.17) is 0 Å². The van der Waals surface area contributed by atoms with Crippen LogP contribution in [0.25, 0.3) is 0 Å². The van der Waals surface area contributed by atoms with Gasteiger partial charge in [-0.1, -0.05) is 29.8 Å². The van der Waals surface area contributed by atoms with Crippen molar-refractivity contribution < 1.29 is 9.18 Å². The molecule has 21 heavy (non-hydrogen) atoms. The van der Waals surface area contributed by atoms with Crippen LogP contribution in [0.5, 0.6) is 0 Å². The lowest BCUT2D eigenvalue weighted by atomic mass is 10.1. The van der Waals surface area contributed by atoms with E-state index in [9.17, 15) is 9.18 Å². The van der Waals surface area contributed by atoms with Crippen LogP contribution in [-0.2, 0) is 0 Å². The fourth-order valence-electron chi connectivity index (χ4n) is 2.45. The molecule has 0 unspecified atom stereocenters. The van der Waals surface area contributed by atoms with Crippen molar-refractivity contribution in [2.75, 3.05) is 18.5 Å². The lowest BCUT2D eigenvalue weighted by Crippen LogP contribution is -2.22. The SMILES string of the molecule is Cc1ccc(N(C)CCC(=O)c2ccccc2F)c(C)c1. The van der Waals surface area contributed by atoms with Crippen LogP contribution in [0.15, 0.2) is 42.5 Å². The first-order chi connectivity index (χ1) is 9.99. The van der Waals surface area contributed by atoms with Gasteiger partial charge in [0.05, 0.1) is 5.56 Å². The summed E-state index contributed by atoms with van der Waals surface area (Å²) in [6.45, 7) is 4.67. The Balaban J connectivity index is 2.02. The van der Waals surface area contributed by atoms with Gasteiger partial charge in [0.1, 0.15) is 5.82 Å². The van der Waals surface area contributed by atoms with E-state index in [1.54, 1.807) is 12.1 Å². The summed E-state index contributed by atoms with van der Waals surface area (Å²) >= 11 is 0. The van der Waals surface area contributed by atoms with Gasteiger partial charge >= 0.3 is 0 Å². The van der Waals surface area contributed by atoms with Gasteiger partial charge in [-0.3, -0.25) is 4.79 Å². The van der Waals surface area contributed by atoms with E-state index >= 15 is 0 Å². The molecule has 0 aliphatic rings. The maximum Gasteiger partial charge on any atom is 0.167 e. The molecule has 2 nitrogen and oxygen atoms in total. The summed E-state index contributed by atoms with van der Waals surface area (Å²) in [5.74, 6) is -0.610. The molecule has 0 aliphatic carbocycles. The minimum Gasteiger partial charge on any atom is -0.374 e. The van der Waals surface area contributed by atoms with Crippen LogP contribution in [0.4, 0.5) is 10.1 Å². The first kappa shape index (κ1) is 15.2. The molecule has 0 saturated heterocycles. The van der Waals surface area contributed by atoms with Gasteiger partial charge in [-0.05, 0) is 37.6 Å². The van der Waals surface area contributed by atoms with Gasteiger partial charge in [-0.2, -0.15) is 0 Å². The quantitative estimate of drug-likeness (QED) is 0.769. The zero-order valence-electron chi connectivity index (χ0n) is 12.7. The van der Waals surface area contributed by atoms with Gasteiger partial charge in [0, 0.05) is 25.7 Å². The fourth-order valence-corrected chi connectivity index (χ4v) is 2.45. The number of anilines is 1. The van der Waals surface area contributed by atoms with Crippen molar-refractivity contribution in [3.8, 4) is 0 Å². The van der Waals surface area contributed by atoms with Crippen molar-refractivity contribution in [1.29, 1.82) is 0 Å². The number of carbonyl (C=O) groups is 1. The Kier molecular flexibility index (Phi) is 4.73. The van der Waals surface area contributed by atoms with E-state index in [2.05, 4.69) is 32.0 Å². The molecule has 0 saturated carbocycles. The minimum absolute atomic E-state index is 0.162. The van der Waals surface area contributed by atoms with Crippen molar-refractivity contribution in [3.63, 3.8) is 0 Å². The van der Waals surface area contributed by atoms with Crippen molar-refractivity contribution in [1.82, 2.24) is 0 Å². The summed E-state index contributed by atoms with van der Waals surface area (Å²) in [4.78, 5) is 14.1. The zero-order chi connectivity index (χ0) is 15.4. The topological polar surface area (TPSA) is 20.3 Å². The van der Waals surface area contributed by atoms with Crippen LogP contribution in [0, 0.1) is 19.7 Å². The van der Waals surface area contributed by atoms with Crippen LogP contribution in [0.3, 0.4) is 0 Å². The standard InChI is InChI=1S/C18H20FNO/c1-13-8-9-17(14(2)12-13)20(3)11-10-18(21)15-6-4-5-7-16(15)19/h4-9,12H,10-11H2,1-3H3. The number of Topliss-reactive ketones (excluding diaryl/α,β-unsaturated/α-hetero) is 1. The van der Waals surface area contributed by atoms with Gasteiger partial charge in [0.15, 0.2) is 5.78 Å². The van der Waals surface area contributed by atoms with Crippen LogP contribution >= 0.6 is 0 Å². The zero-order valence-corrected chi connectivity index (χ0v) is 12.7. The van der Waals surface area contributed by atoms with E-state index in [0.29, 0.717) is 13.0 Å². The summed E-state index contributed by atoms with van der Waals surface area (Å²) in [5.41, 5.74) is 3.66. The summed E-state index contributed by atoms with van der Waals surface area (Å²) in [6, 6.07) is 12.4. The Morgan fingerprint density at radius 2 is 1.86 bits per heavy atom. The number of nitrogens with zero attached hydrogens (tertiary/aromatic N) is 1. The second kappa shape index (κ2) is 6.53. The van der Waals surface area contributed by atoms with E-state index in [1.165, 1.54) is 23.3 Å².